The highest BCUT2D eigenvalue weighted by Crippen LogP contribution is 2.23. The van der Waals surface area contributed by atoms with Gasteiger partial charge >= 0.3 is 5.97 Å². The molecule has 1 aliphatic rings. The quantitative estimate of drug-likeness (QED) is 0.434. The van der Waals surface area contributed by atoms with E-state index in [9.17, 15) is 19.5 Å². The minimum Gasteiger partial charge on any atom is -0.497 e. The van der Waals surface area contributed by atoms with E-state index in [4.69, 9.17) is 9.47 Å². The molecule has 2 atom stereocenters. The first-order valence-electron chi connectivity index (χ1n) is 9.88. The summed E-state index contributed by atoms with van der Waals surface area (Å²) in [5, 5.41) is 14.2. The fourth-order valence-electron chi connectivity index (χ4n) is 3.22. The Morgan fingerprint density at radius 2 is 1.83 bits per heavy atom. The van der Waals surface area contributed by atoms with E-state index in [0.717, 1.165) is 18.4 Å². The Bertz CT molecular complexity index is 746. The molecule has 2 rings (SSSR count). The molecule has 1 aromatic rings. The zero-order chi connectivity index (χ0) is 22.3. The average molecular weight is 439 g/mol. The lowest BCUT2D eigenvalue weighted by Gasteiger charge is -2.31. The number of nitrogens with one attached hydrogen (secondary N) is 2. The molecular weight excluding hydrogens is 408 g/mol. The minimum atomic E-state index is -1.29. The van der Waals surface area contributed by atoms with Crippen LogP contribution in [0.1, 0.15) is 32.3 Å². The Hall–Kier alpha value is -2.26. The number of amides is 2. The highest BCUT2D eigenvalue weighted by molar-refractivity contribution is 7.81. The molecule has 2 amide bonds. The fraction of sp³-hybridized carbons (Fsp3) is 0.571. The molecule has 0 radical (unpaired) electrons. The highest BCUT2D eigenvalue weighted by atomic mass is 32.1. The number of thiol groups is 1. The summed E-state index contributed by atoms with van der Waals surface area (Å²) >= 11 is 4.43. The molecule has 0 aliphatic carbocycles. The number of carboxylic acid groups (broad SMARTS) is 1. The molecule has 0 unspecified atom stereocenters. The topological polar surface area (TPSA) is 114 Å². The number of carbonyl (C=O) groups excluding carboxylic acids is 2. The van der Waals surface area contributed by atoms with Gasteiger partial charge in [0.25, 0.3) is 0 Å². The Morgan fingerprint density at radius 3 is 2.37 bits per heavy atom. The molecule has 1 saturated heterocycles. The van der Waals surface area contributed by atoms with E-state index in [1.54, 1.807) is 31.4 Å². The second kappa shape index (κ2) is 10.7. The Labute approximate surface area is 182 Å². The van der Waals surface area contributed by atoms with Crippen molar-refractivity contribution in [3.8, 4) is 5.75 Å². The van der Waals surface area contributed by atoms with Gasteiger partial charge in [0.1, 0.15) is 17.3 Å². The van der Waals surface area contributed by atoms with Crippen LogP contribution in [-0.4, -0.2) is 60.0 Å². The van der Waals surface area contributed by atoms with Gasteiger partial charge in [-0.1, -0.05) is 12.1 Å². The number of rotatable bonds is 9. The average Bonchev–Trinajstić information content (AvgIpc) is 2.73. The van der Waals surface area contributed by atoms with Crippen molar-refractivity contribution in [1.82, 2.24) is 10.6 Å². The van der Waals surface area contributed by atoms with Crippen molar-refractivity contribution in [2.75, 3.05) is 20.3 Å². The SMILES string of the molecule is COc1ccc(C[C@H](NC(=O)C(C)(C)NC(=O)[C@@H](S)C2CCOCC2)C(=O)O)cc1. The van der Waals surface area contributed by atoms with Crippen LogP contribution in [0.2, 0.25) is 0 Å². The monoisotopic (exact) mass is 438 g/mol. The first kappa shape index (κ1) is 24.0. The summed E-state index contributed by atoms with van der Waals surface area (Å²) in [5.41, 5.74) is -0.558. The van der Waals surface area contributed by atoms with Gasteiger partial charge in [-0.3, -0.25) is 9.59 Å². The summed E-state index contributed by atoms with van der Waals surface area (Å²) in [6, 6.07) is 5.80. The molecule has 0 bridgehead atoms. The van der Waals surface area contributed by atoms with E-state index in [1.165, 1.54) is 13.8 Å². The maximum Gasteiger partial charge on any atom is 0.326 e. The van der Waals surface area contributed by atoms with Crippen molar-refractivity contribution >= 4 is 30.4 Å². The molecule has 1 heterocycles. The molecule has 9 heteroatoms. The van der Waals surface area contributed by atoms with Crippen LogP contribution in [0.4, 0.5) is 0 Å². The predicted octanol–water partition coefficient (Wildman–Crippen LogP) is 1.43. The van der Waals surface area contributed by atoms with Crippen molar-refractivity contribution in [2.45, 2.75) is 49.9 Å². The lowest BCUT2D eigenvalue weighted by Crippen LogP contribution is -2.59. The largest absolute Gasteiger partial charge is 0.497 e. The molecule has 1 aromatic carbocycles. The molecule has 0 spiro atoms. The third-order valence-electron chi connectivity index (χ3n) is 5.19. The molecule has 0 saturated carbocycles. The van der Waals surface area contributed by atoms with Crippen LogP contribution in [0.15, 0.2) is 24.3 Å². The van der Waals surface area contributed by atoms with Crippen LogP contribution in [0.3, 0.4) is 0 Å². The van der Waals surface area contributed by atoms with E-state index in [0.29, 0.717) is 19.0 Å². The van der Waals surface area contributed by atoms with Crippen LogP contribution < -0.4 is 15.4 Å². The van der Waals surface area contributed by atoms with Gasteiger partial charge in [0.05, 0.1) is 12.4 Å². The normalized spacial score (nSPS) is 16.9. The van der Waals surface area contributed by atoms with E-state index < -0.39 is 28.7 Å². The van der Waals surface area contributed by atoms with Gasteiger partial charge < -0.3 is 25.2 Å². The van der Waals surface area contributed by atoms with Gasteiger partial charge in [0, 0.05) is 19.6 Å². The molecule has 166 valence electrons. The van der Waals surface area contributed by atoms with Crippen LogP contribution in [-0.2, 0) is 25.5 Å². The smallest absolute Gasteiger partial charge is 0.326 e. The van der Waals surface area contributed by atoms with Crippen molar-refractivity contribution in [3.05, 3.63) is 29.8 Å². The van der Waals surface area contributed by atoms with Crippen LogP contribution in [0.25, 0.3) is 0 Å². The summed E-state index contributed by atoms with van der Waals surface area (Å²) in [6.45, 7) is 4.25. The lowest BCUT2D eigenvalue weighted by molar-refractivity contribution is -0.143. The molecule has 8 nitrogen and oxygen atoms in total. The number of aliphatic carboxylic acids is 1. The predicted molar refractivity (Wildman–Crippen MR) is 115 cm³/mol. The number of benzene rings is 1. The van der Waals surface area contributed by atoms with Gasteiger partial charge in [-0.25, -0.2) is 4.79 Å². The van der Waals surface area contributed by atoms with E-state index >= 15 is 0 Å². The Balaban J connectivity index is 1.98. The first-order chi connectivity index (χ1) is 14.1. The summed E-state index contributed by atoms with van der Waals surface area (Å²) in [7, 11) is 1.54. The number of hydrogen-bond acceptors (Lipinski definition) is 6. The molecular formula is C21H30N2O6S. The summed E-state index contributed by atoms with van der Waals surface area (Å²) < 4.78 is 10.4. The number of methoxy groups -OCH3 is 1. The minimum absolute atomic E-state index is 0.0720. The number of carbonyl (C=O) groups is 3. The van der Waals surface area contributed by atoms with E-state index in [-0.39, 0.29) is 18.2 Å². The number of hydrogen-bond donors (Lipinski definition) is 4. The molecule has 1 aliphatic heterocycles. The zero-order valence-corrected chi connectivity index (χ0v) is 18.4. The third kappa shape index (κ3) is 6.63. The Morgan fingerprint density at radius 1 is 1.23 bits per heavy atom. The summed E-state index contributed by atoms with van der Waals surface area (Å²) in [5.74, 6) is -1.36. The van der Waals surface area contributed by atoms with Gasteiger partial charge in [-0.05, 0) is 50.3 Å². The summed E-state index contributed by atoms with van der Waals surface area (Å²) in [6.07, 6.45) is 1.57. The van der Waals surface area contributed by atoms with Crippen LogP contribution >= 0.6 is 12.6 Å². The van der Waals surface area contributed by atoms with E-state index in [2.05, 4.69) is 23.3 Å². The number of ether oxygens (including phenoxy) is 2. The second-order valence-electron chi connectivity index (χ2n) is 7.93. The lowest BCUT2D eigenvalue weighted by atomic mass is 9.94. The summed E-state index contributed by atoms with van der Waals surface area (Å²) in [4.78, 5) is 37.0. The Kier molecular flexibility index (Phi) is 8.54. The number of carboxylic acids is 1. The van der Waals surface area contributed by atoms with Crippen molar-refractivity contribution in [3.63, 3.8) is 0 Å². The first-order valence-corrected chi connectivity index (χ1v) is 10.4. The van der Waals surface area contributed by atoms with Crippen molar-refractivity contribution in [2.24, 2.45) is 5.92 Å². The van der Waals surface area contributed by atoms with Crippen LogP contribution in [0.5, 0.6) is 5.75 Å². The molecule has 30 heavy (non-hydrogen) atoms. The van der Waals surface area contributed by atoms with Gasteiger partial charge in [0.2, 0.25) is 11.8 Å². The fourth-order valence-corrected chi connectivity index (χ4v) is 3.58. The highest BCUT2D eigenvalue weighted by Gasteiger charge is 2.36. The van der Waals surface area contributed by atoms with Gasteiger partial charge in [-0.2, -0.15) is 12.6 Å². The third-order valence-corrected chi connectivity index (χ3v) is 5.84. The maximum absolute atomic E-state index is 12.8. The van der Waals surface area contributed by atoms with Crippen LogP contribution in [0, 0.1) is 5.92 Å². The van der Waals surface area contributed by atoms with Gasteiger partial charge in [-0.15, -0.1) is 0 Å². The zero-order valence-electron chi connectivity index (χ0n) is 17.5. The van der Waals surface area contributed by atoms with Crippen molar-refractivity contribution < 1.29 is 29.0 Å². The standard InChI is InChI=1S/C21H30N2O6S/c1-21(2,23-18(24)17(30)14-8-10-29-11-9-14)20(27)22-16(19(25)26)12-13-4-6-15(28-3)7-5-13/h4-7,14,16-17,30H,8-12H2,1-3H3,(H,22,27)(H,23,24)(H,25,26)/t16-,17-/m0/s1. The van der Waals surface area contributed by atoms with Crippen molar-refractivity contribution in [1.29, 1.82) is 0 Å². The molecule has 1 fully saturated rings. The maximum atomic E-state index is 12.8. The molecule has 3 N–H and O–H groups in total. The van der Waals surface area contributed by atoms with E-state index in [1.807, 2.05) is 0 Å². The second-order valence-corrected chi connectivity index (χ2v) is 8.48. The van der Waals surface area contributed by atoms with Gasteiger partial charge in [0.15, 0.2) is 0 Å². The molecule has 0 aromatic heterocycles.